The van der Waals surface area contributed by atoms with Crippen LogP contribution in [0.1, 0.15) is 17.1 Å². The Morgan fingerprint density at radius 1 is 1.47 bits per heavy atom. The molecule has 2 aromatic heterocycles. The second-order valence-electron chi connectivity index (χ2n) is 3.98. The third kappa shape index (κ3) is 2.72. The van der Waals surface area contributed by atoms with E-state index in [0.29, 0.717) is 18.2 Å². The van der Waals surface area contributed by atoms with Crippen molar-refractivity contribution in [2.45, 2.75) is 20.4 Å². The first-order chi connectivity index (χ1) is 8.04. The molecule has 0 aliphatic rings. The molecule has 2 N–H and O–H groups in total. The first-order valence-corrected chi connectivity index (χ1v) is 5.35. The molecule has 0 aliphatic carbocycles. The minimum Gasteiger partial charge on any atom is -0.366 e. The average Bonchev–Trinajstić information content (AvgIpc) is 2.53. The van der Waals surface area contributed by atoms with Gasteiger partial charge in [-0.3, -0.25) is 9.48 Å². The molecule has 0 saturated heterocycles. The van der Waals surface area contributed by atoms with Gasteiger partial charge in [-0.1, -0.05) is 0 Å². The Morgan fingerprint density at radius 3 is 2.82 bits per heavy atom. The molecule has 0 atom stereocenters. The Balaban J connectivity index is 2.12. The highest BCUT2D eigenvalue weighted by molar-refractivity contribution is 5.34. The molecular formula is C11H15N5O. The summed E-state index contributed by atoms with van der Waals surface area (Å²) in [4.78, 5) is 18.0. The van der Waals surface area contributed by atoms with E-state index in [2.05, 4.69) is 20.4 Å². The van der Waals surface area contributed by atoms with E-state index in [1.54, 1.807) is 11.6 Å². The summed E-state index contributed by atoms with van der Waals surface area (Å²) in [6.45, 7) is 4.31. The van der Waals surface area contributed by atoms with E-state index >= 15 is 0 Å². The van der Waals surface area contributed by atoms with Gasteiger partial charge in [-0.25, -0.2) is 4.98 Å². The van der Waals surface area contributed by atoms with Gasteiger partial charge in [-0.05, 0) is 13.8 Å². The monoisotopic (exact) mass is 233 g/mol. The molecule has 17 heavy (non-hydrogen) atoms. The number of nitrogens with one attached hydrogen (secondary N) is 2. The fraction of sp³-hybridized carbons (Fsp3) is 0.364. The molecule has 0 amide bonds. The van der Waals surface area contributed by atoms with Gasteiger partial charge in [0.15, 0.2) is 0 Å². The van der Waals surface area contributed by atoms with Gasteiger partial charge < -0.3 is 10.3 Å². The zero-order valence-electron chi connectivity index (χ0n) is 10.1. The lowest BCUT2D eigenvalue weighted by molar-refractivity contribution is 0.756. The zero-order valence-corrected chi connectivity index (χ0v) is 10.1. The highest BCUT2D eigenvalue weighted by Crippen LogP contribution is 2.07. The van der Waals surface area contributed by atoms with Crippen LogP contribution in [-0.4, -0.2) is 19.7 Å². The topological polar surface area (TPSA) is 75.6 Å². The van der Waals surface area contributed by atoms with Crippen LogP contribution in [0.15, 0.2) is 17.1 Å². The minimum atomic E-state index is -0.150. The van der Waals surface area contributed by atoms with Crippen molar-refractivity contribution in [3.8, 4) is 0 Å². The number of anilines is 1. The van der Waals surface area contributed by atoms with E-state index in [4.69, 9.17) is 0 Å². The molecule has 2 aromatic rings. The number of H-pyrrole nitrogens is 1. The molecule has 6 nitrogen and oxygen atoms in total. The van der Waals surface area contributed by atoms with Gasteiger partial charge >= 0.3 is 0 Å². The molecule has 0 radical (unpaired) electrons. The lowest BCUT2D eigenvalue weighted by Crippen LogP contribution is -2.11. The van der Waals surface area contributed by atoms with Crippen molar-refractivity contribution in [3.05, 3.63) is 39.7 Å². The minimum absolute atomic E-state index is 0.150. The summed E-state index contributed by atoms with van der Waals surface area (Å²) in [6.07, 6.45) is 1.95. The van der Waals surface area contributed by atoms with Crippen molar-refractivity contribution in [1.82, 2.24) is 19.7 Å². The van der Waals surface area contributed by atoms with Crippen LogP contribution in [-0.2, 0) is 13.6 Å². The fourth-order valence-electron chi connectivity index (χ4n) is 1.68. The summed E-state index contributed by atoms with van der Waals surface area (Å²) in [5.74, 6) is 1.18. The third-order valence-electron chi connectivity index (χ3n) is 2.44. The Bertz CT molecular complexity index is 584. The van der Waals surface area contributed by atoms with E-state index < -0.39 is 0 Å². The Morgan fingerprint density at radius 2 is 2.24 bits per heavy atom. The van der Waals surface area contributed by atoms with Crippen LogP contribution in [0.5, 0.6) is 0 Å². The van der Waals surface area contributed by atoms with Gasteiger partial charge in [-0.2, -0.15) is 5.10 Å². The van der Waals surface area contributed by atoms with Crippen LogP contribution in [0.2, 0.25) is 0 Å². The van der Waals surface area contributed by atoms with Crippen LogP contribution in [0.25, 0.3) is 0 Å². The van der Waals surface area contributed by atoms with E-state index in [1.165, 1.54) is 6.07 Å². The summed E-state index contributed by atoms with van der Waals surface area (Å²) >= 11 is 0. The fourth-order valence-corrected chi connectivity index (χ4v) is 1.68. The number of aromatic amines is 1. The first kappa shape index (κ1) is 11.4. The van der Waals surface area contributed by atoms with Gasteiger partial charge in [0.25, 0.3) is 5.56 Å². The Labute approximate surface area is 98.7 Å². The highest BCUT2D eigenvalue weighted by Gasteiger charge is 2.03. The van der Waals surface area contributed by atoms with E-state index in [-0.39, 0.29) is 5.56 Å². The summed E-state index contributed by atoms with van der Waals surface area (Å²) in [6, 6.07) is 1.44. The third-order valence-corrected chi connectivity index (χ3v) is 2.44. The first-order valence-electron chi connectivity index (χ1n) is 5.35. The normalized spacial score (nSPS) is 10.5. The van der Waals surface area contributed by atoms with E-state index in [9.17, 15) is 4.79 Å². The van der Waals surface area contributed by atoms with Crippen molar-refractivity contribution in [2.24, 2.45) is 7.05 Å². The van der Waals surface area contributed by atoms with Crippen LogP contribution in [0.3, 0.4) is 0 Å². The predicted octanol–water partition coefficient (Wildman–Crippen LogP) is 0.732. The number of hydrogen-bond acceptors (Lipinski definition) is 4. The maximum atomic E-state index is 11.2. The maximum Gasteiger partial charge on any atom is 0.252 e. The highest BCUT2D eigenvalue weighted by atomic mass is 16.1. The van der Waals surface area contributed by atoms with Crippen molar-refractivity contribution < 1.29 is 0 Å². The van der Waals surface area contributed by atoms with Crippen LogP contribution in [0.4, 0.5) is 5.82 Å². The molecular weight excluding hydrogens is 218 g/mol. The molecule has 0 saturated carbocycles. The predicted molar refractivity (Wildman–Crippen MR) is 64.9 cm³/mol. The molecule has 0 spiro atoms. The number of aromatic nitrogens is 4. The number of nitrogens with zero attached hydrogens (tertiary/aromatic N) is 3. The largest absolute Gasteiger partial charge is 0.366 e. The molecule has 90 valence electrons. The molecule has 0 unspecified atom stereocenters. The van der Waals surface area contributed by atoms with Gasteiger partial charge in [0.2, 0.25) is 0 Å². The van der Waals surface area contributed by atoms with Crippen LogP contribution >= 0.6 is 0 Å². The van der Waals surface area contributed by atoms with Crippen LogP contribution < -0.4 is 10.9 Å². The van der Waals surface area contributed by atoms with E-state index in [0.717, 1.165) is 11.3 Å². The van der Waals surface area contributed by atoms with E-state index in [1.807, 2.05) is 20.2 Å². The maximum absolute atomic E-state index is 11.2. The molecule has 2 heterocycles. The second kappa shape index (κ2) is 4.40. The number of hydrogen-bond donors (Lipinski definition) is 2. The lowest BCUT2D eigenvalue weighted by atomic mass is 10.2. The van der Waals surface area contributed by atoms with Gasteiger partial charge in [-0.15, -0.1) is 0 Å². The molecule has 0 fully saturated rings. The van der Waals surface area contributed by atoms with Crippen molar-refractivity contribution in [2.75, 3.05) is 5.32 Å². The van der Waals surface area contributed by atoms with Crippen molar-refractivity contribution >= 4 is 5.82 Å². The zero-order chi connectivity index (χ0) is 12.4. The van der Waals surface area contributed by atoms with Gasteiger partial charge in [0.1, 0.15) is 11.6 Å². The lowest BCUT2D eigenvalue weighted by Gasteiger charge is -2.04. The summed E-state index contributed by atoms with van der Waals surface area (Å²) in [5, 5.41) is 7.36. The van der Waals surface area contributed by atoms with Crippen molar-refractivity contribution in [3.63, 3.8) is 0 Å². The smallest absolute Gasteiger partial charge is 0.252 e. The Hall–Kier alpha value is -2.11. The molecule has 0 aliphatic heterocycles. The molecule has 0 aromatic carbocycles. The average molecular weight is 233 g/mol. The Kier molecular flexibility index (Phi) is 2.95. The molecule has 6 heteroatoms. The summed E-state index contributed by atoms with van der Waals surface area (Å²) in [7, 11) is 1.88. The SMILES string of the molecule is Cc1nc(NCc2cn(C)nc2C)cc(=O)[nH]1. The number of aryl methyl sites for hydroxylation is 3. The van der Waals surface area contributed by atoms with Gasteiger partial charge in [0.05, 0.1) is 5.69 Å². The summed E-state index contributed by atoms with van der Waals surface area (Å²) in [5.41, 5.74) is 1.91. The quantitative estimate of drug-likeness (QED) is 0.819. The summed E-state index contributed by atoms with van der Waals surface area (Å²) < 4.78 is 1.77. The van der Waals surface area contributed by atoms with Crippen LogP contribution in [0, 0.1) is 13.8 Å². The molecule has 0 bridgehead atoms. The standard InChI is InChI=1S/C11H15N5O/c1-7-9(6-16(3)15-7)5-12-10-4-11(17)14-8(2)13-10/h4,6H,5H2,1-3H3,(H2,12,13,14,17). The molecule has 2 rings (SSSR count). The van der Waals surface area contributed by atoms with Crippen molar-refractivity contribution in [1.29, 1.82) is 0 Å². The second-order valence-corrected chi connectivity index (χ2v) is 3.98. The number of rotatable bonds is 3. The van der Waals surface area contributed by atoms with Gasteiger partial charge in [0, 0.05) is 31.4 Å².